The molecule has 0 bridgehead atoms. The molecule has 0 spiro atoms. The topological polar surface area (TPSA) is 105 Å². The van der Waals surface area contributed by atoms with Crippen LogP contribution in [0.5, 0.6) is 0 Å². The molecule has 1 fully saturated rings. The van der Waals surface area contributed by atoms with Crippen LogP contribution >= 0.6 is 0 Å². The summed E-state index contributed by atoms with van der Waals surface area (Å²) in [6.07, 6.45) is 4.56. The van der Waals surface area contributed by atoms with Gasteiger partial charge in [0.05, 0.1) is 23.1 Å². The molecule has 1 aliphatic heterocycles. The Kier molecular flexibility index (Phi) is 7.71. The van der Waals surface area contributed by atoms with E-state index in [1.165, 1.54) is 5.69 Å². The second-order valence-corrected chi connectivity index (χ2v) is 11.7. The van der Waals surface area contributed by atoms with Crippen LogP contribution in [0.3, 0.4) is 0 Å². The van der Waals surface area contributed by atoms with Crippen molar-refractivity contribution in [3.63, 3.8) is 0 Å². The van der Waals surface area contributed by atoms with E-state index in [2.05, 4.69) is 73.7 Å². The third-order valence-electron chi connectivity index (χ3n) is 7.32. The SMILES string of the molecule is Cc1ncc(C(=O)Nc2cc(C(C)(C)C)on2)cc1-n1cc(-c2cccc(N3CCCN(C(C)C)CC3)c2)nn1. The van der Waals surface area contributed by atoms with Crippen molar-refractivity contribution in [1.29, 1.82) is 0 Å². The molecule has 5 rings (SSSR count). The first-order chi connectivity index (χ1) is 19.1. The summed E-state index contributed by atoms with van der Waals surface area (Å²) in [5, 5.41) is 15.6. The van der Waals surface area contributed by atoms with Crippen LogP contribution in [0.1, 0.15) is 62.9 Å². The predicted molar refractivity (Wildman–Crippen MR) is 156 cm³/mol. The number of carbonyl (C=O) groups is 1. The van der Waals surface area contributed by atoms with Gasteiger partial charge in [-0.25, -0.2) is 4.68 Å². The van der Waals surface area contributed by atoms with E-state index >= 15 is 0 Å². The van der Waals surface area contributed by atoms with Crippen LogP contribution in [-0.4, -0.2) is 68.2 Å². The van der Waals surface area contributed by atoms with E-state index in [0.29, 0.717) is 28.9 Å². The van der Waals surface area contributed by atoms with Gasteiger partial charge in [-0.05, 0) is 45.4 Å². The lowest BCUT2D eigenvalue weighted by atomic mass is 9.93. The van der Waals surface area contributed by atoms with Gasteiger partial charge in [0.25, 0.3) is 5.91 Å². The average Bonchev–Trinajstić information content (AvgIpc) is 3.53. The van der Waals surface area contributed by atoms with Gasteiger partial charge in [0.1, 0.15) is 11.5 Å². The number of hydrogen-bond donors (Lipinski definition) is 1. The highest BCUT2D eigenvalue weighted by Gasteiger charge is 2.21. The first kappa shape index (κ1) is 27.5. The third kappa shape index (κ3) is 6.07. The van der Waals surface area contributed by atoms with Crippen LogP contribution in [0, 0.1) is 6.92 Å². The average molecular weight is 543 g/mol. The van der Waals surface area contributed by atoms with E-state index in [1.807, 2.05) is 33.9 Å². The molecular formula is C30H38N8O2. The number of aryl methyl sites for hydroxylation is 1. The monoisotopic (exact) mass is 542 g/mol. The lowest BCUT2D eigenvalue weighted by molar-refractivity contribution is 0.102. The Labute approximate surface area is 235 Å². The molecular weight excluding hydrogens is 504 g/mol. The molecule has 0 aliphatic carbocycles. The fourth-order valence-electron chi connectivity index (χ4n) is 4.84. The van der Waals surface area contributed by atoms with Crippen LogP contribution in [0.2, 0.25) is 0 Å². The van der Waals surface area contributed by atoms with Gasteiger partial charge in [-0.15, -0.1) is 5.10 Å². The van der Waals surface area contributed by atoms with Crippen molar-refractivity contribution in [1.82, 2.24) is 30.0 Å². The zero-order valence-electron chi connectivity index (χ0n) is 24.2. The molecule has 0 unspecified atom stereocenters. The number of hydrogen-bond acceptors (Lipinski definition) is 8. The molecule has 10 heteroatoms. The maximum atomic E-state index is 13.0. The molecule has 0 radical (unpaired) electrons. The fraction of sp³-hybridized carbons (Fsp3) is 0.433. The normalized spacial score (nSPS) is 14.9. The number of carbonyl (C=O) groups excluding carboxylic acids is 1. The second-order valence-electron chi connectivity index (χ2n) is 11.7. The number of nitrogens with zero attached hydrogens (tertiary/aromatic N) is 7. The predicted octanol–water partition coefficient (Wildman–Crippen LogP) is 5.10. The minimum Gasteiger partial charge on any atom is -0.370 e. The highest BCUT2D eigenvalue weighted by Crippen LogP contribution is 2.27. The number of nitrogens with one attached hydrogen (secondary N) is 1. The number of aromatic nitrogens is 5. The van der Waals surface area contributed by atoms with Crippen molar-refractivity contribution in [2.45, 2.75) is 59.4 Å². The number of amides is 1. The molecule has 10 nitrogen and oxygen atoms in total. The first-order valence-corrected chi connectivity index (χ1v) is 13.9. The molecule has 4 heterocycles. The van der Waals surface area contributed by atoms with Crippen molar-refractivity contribution in [2.24, 2.45) is 0 Å². The molecule has 1 amide bonds. The summed E-state index contributed by atoms with van der Waals surface area (Å²) in [4.78, 5) is 22.4. The lowest BCUT2D eigenvalue weighted by Crippen LogP contribution is -2.35. The highest BCUT2D eigenvalue weighted by molar-refractivity contribution is 6.03. The van der Waals surface area contributed by atoms with E-state index in [0.717, 1.165) is 49.6 Å². The standard InChI is InChI=1S/C30H38N8O2/c1-20(2)36-11-8-12-37(14-13-36)24-10-7-9-22(15-24)25-19-38(35-33-25)26-16-23(18-31-21(26)3)29(39)32-28-17-27(40-34-28)30(4,5)6/h7,9-10,15-20H,8,11-14H2,1-6H3,(H,32,34,39). The van der Waals surface area contributed by atoms with Crippen molar-refractivity contribution in [2.75, 3.05) is 36.4 Å². The second kappa shape index (κ2) is 11.2. The summed E-state index contributed by atoms with van der Waals surface area (Å²) in [6, 6.07) is 12.5. The van der Waals surface area contributed by atoms with Crippen molar-refractivity contribution in [3.05, 3.63) is 65.8 Å². The molecule has 0 atom stereocenters. The Morgan fingerprint density at radius 2 is 1.90 bits per heavy atom. The van der Waals surface area contributed by atoms with Gasteiger partial charge in [0.15, 0.2) is 5.82 Å². The van der Waals surface area contributed by atoms with E-state index in [9.17, 15) is 4.79 Å². The molecule has 1 aromatic carbocycles. The van der Waals surface area contributed by atoms with Gasteiger partial charge in [-0.3, -0.25) is 14.7 Å². The van der Waals surface area contributed by atoms with Crippen molar-refractivity contribution < 1.29 is 9.32 Å². The zero-order chi connectivity index (χ0) is 28.4. The van der Waals surface area contributed by atoms with E-state index in [-0.39, 0.29) is 11.3 Å². The number of anilines is 2. The van der Waals surface area contributed by atoms with Crippen molar-refractivity contribution >= 4 is 17.4 Å². The van der Waals surface area contributed by atoms with Gasteiger partial charge in [-0.2, -0.15) is 0 Å². The van der Waals surface area contributed by atoms with Crippen LogP contribution in [0.15, 0.2) is 53.3 Å². The van der Waals surface area contributed by atoms with Gasteiger partial charge in [-0.1, -0.05) is 43.3 Å². The molecule has 1 N–H and O–H groups in total. The quantitative estimate of drug-likeness (QED) is 0.359. The van der Waals surface area contributed by atoms with Crippen molar-refractivity contribution in [3.8, 4) is 16.9 Å². The fourth-order valence-corrected chi connectivity index (χ4v) is 4.84. The number of benzene rings is 1. The summed E-state index contributed by atoms with van der Waals surface area (Å²) in [5.74, 6) is 0.725. The Morgan fingerprint density at radius 1 is 1.07 bits per heavy atom. The molecule has 40 heavy (non-hydrogen) atoms. The maximum Gasteiger partial charge on any atom is 0.258 e. The van der Waals surface area contributed by atoms with Crippen LogP contribution in [-0.2, 0) is 5.41 Å². The molecule has 1 saturated heterocycles. The van der Waals surface area contributed by atoms with E-state index < -0.39 is 0 Å². The molecule has 210 valence electrons. The number of rotatable bonds is 6. The summed E-state index contributed by atoms with van der Waals surface area (Å²) in [5.41, 5.74) is 4.53. The molecule has 1 aliphatic rings. The largest absolute Gasteiger partial charge is 0.370 e. The van der Waals surface area contributed by atoms with Crippen LogP contribution in [0.4, 0.5) is 11.5 Å². The Morgan fingerprint density at radius 3 is 2.65 bits per heavy atom. The summed E-state index contributed by atoms with van der Waals surface area (Å²) < 4.78 is 7.05. The van der Waals surface area contributed by atoms with E-state index in [1.54, 1.807) is 23.0 Å². The van der Waals surface area contributed by atoms with Gasteiger partial charge in [0.2, 0.25) is 0 Å². The summed E-state index contributed by atoms with van der Waals surface area (Å²) in [7, 11) is 0. The van der Waals surface area contributed by atoms with Gasteiger partial charge < -0.3 is 14.7 Å². The minimum atomic E-state index is -0.330. The zero-order valence-corrected chi connectivity index (χ0v) is 24.2. The Balaban J connectivity index is 1.33. The molecule has 4 aromatic rings. The first-order valence-electron chi connectivity index (χ1n) is 13.9. The van der Waals surface area contributed by atoms with Crippen LogP contribution in [0.25, 0.3) is 16.9 Å². The van der Waals surface area contributed by atoms with Gasteiger partial charge in [0, 0.05) is 61.1 Å². The van der Waals surface area contributed by atoms with Gasteiger partial charge >= 0.3 is 0 Å². The highest BCUT2D eigenvalue weighted by atomic mass is 16.5. The number of pyridine rings is 1. The third-order valence-corrected chi connectivity index (χ3v) is 7.32. The summed E-state index contributed by atoms with van der Waals surface area (Å²) >= 11 is 0. The molecule has 3 aromatic heterocycles. The lowest BCUT2D eigenvalue weighted by Gasteiger charge is -2.26. The Bertz CT molecular complexity index is 1480. The maximum absolute atomic E-state index is 13.0. The van der Waals surface area contributed by atoms with Crippen LogP contribution < -0.4 is 10.2 Å². The summed E-state index contributed by atoms with van der Waals surface area (Å²) in [6.45, 7) is 16.7. The van der Waals surface area contributed by atoms with E-state index in [4.69, 9.17) is 4.52 Å². The smallest absolute Gasteiger partial charge is 0.258 e. The Hall–Kier alpha value is -4.05. The molecule has 0 saturated carbocycles. The minimum absolute atomic E-state index is 0.207.